The number of imidazole rings is 1. The summed E-state index contributed by atoms with van der Waals surface area (Å²) in [5.74, 6) is 1.88. The zero-order valence-electron chi connectivity index (χ0n) is 13.1. The number of nitrogens with one attached hydrogen (secondary N) is 2. The van der Waals surface area contributed by atoms with E-state index in [9.17, 15) is 0 Å². The molecule has 0 aliphatic carbocycles. The van der Waals surface area contributed by atoms with Crippen molar-refractivity contribution in [3.63, 3.8) is 0 Å². The number of H-pyrrole nitrogens is 1. The van der Waals surface area contributed by atoms with Crippen LogP contribution in [0.1, 0.15) is 12.2 Å². The molecular formula is C16H16N6S2. The largest absolute Gasteiger partial charge is 0.369 e. The van der Waals surface area contributed by atoms with E-state index >= 15 is 0 Å². The highest BCUT2D eigenvalue weighted by molar-refractivity contribution is 8.00. The Balaban J connectivity index is 1.39. The van der Waals surface area contributed by atoms with Gasteiger partial charge in [-0.2, -0.15) is 0 Å². The molecule has 3 aromatic heterocycles. The highest BCUT2D eigenvalue weighted by atomic mass is 32.2. The van der Waals surface area contributed by atoms with Crippen LogP contribution in [-0.2, 0) is 6.42 Å². The smallest absolute Gasteiger partial charge is 0.176 e. The lowest BCUT2D eigenvalue weighted by Gasteiger charge is -2.04. The summed E-state index contributed by atoms with van der Waals surface area (Å²) in [5, 5.41) is 3.40. The first-order valence-electron chi connectivity index (χ1n) is 7.66. The Morgan fingerprint density at radius 2 is 2.12 bits per heavy atom. The number of benzene rings is 1. The molecule has 1 aromatic carbocycles. The molecule has 4 aromatic rings. The Bertz CT molecular complexity index is 944. The third-order valence-electron chi connectivity index (χ3n) is 3.67. The van der Waals surface area contributed by atoms with Gasteiger partial charge in [0.25, 0.3) is 0 Å². The van der Waals surface area contributed by atoms with E-state index in [1.54, 1.807) is 29.4 Å². The Morgan fingerprint density at radius 1 is 1.21 bits per heavy atom. The van der Waals surface area contributed by atoms with Crippen LogP contribution >= 0.6 is 23.1 Å². The fraction of sp³-hybridized carbons (Fsp3) is 0.250. The van der Waals surface area contributed by atoms with Crippen molar-refractivity contribution in [1.29, 1.82) is 0 Å². The number of aromatic nitrogens is 5. The molecule has 0 unspecified atom stereocenters. The van der Waals surface area contributed by atoms with Crippen molar-refractivity contribution in [3.8, 4) is 0 Å². The molecule has 0 spiro atoms. The van der Waals surface area contributed by atoms with Crippen LogP contribution in [-0.4, -0.2) is 37.7 Å². The number of rotatable bonds is 6. The second kappa shape index (κ2) is 6.74. The van der Waals surface area contributed by atoms with E-state index in [-0.39, 0.29) is 0 Å². The van der Waals surface area contributed by atoms with E-state index in [4.69, 9.17) is 0 Å². The number of aromatic amines is 1. The van der Waals surface area contributed by atoms with Gasteiger partial charge in [0.15, 0.2) is 9.99 Å². The van der Waals surface area contributed by atoms with Gasteiger partial charge in [0.05, 0.1) is 11.0 Å². The molecule has 0 aliphatic rings. The van der Waals surface area contributed by atoms with Crippen molar-refractivity contribution in [2.45, 2.75) is 17.2 Å². The molecule has 0 saturated heterocycles. The fourth-order valence-electron chi connectivity index (χ4n) is 2.53. The van der Waals surface area contributed by atoms with E-state index in [2.05, 4.69) is 36.3 Å². The SMILES string of the molecule is CSc1nc2ncnc(NCCCc3nc4ccccc4[nH]3)c2s1. The fourth-order valence-corrected chi connectivity index (χ4v) is 4.01. The molecule has 0 saturated carbocycles. The molecule has 0 aliphatic heterocycles. The molecular weight excluding hydrogens is 340 g/mol. The zero-order valence-corrected chi connectivity index (χ0v) is 14.7. The standard InChI is InChI=1S/C16H16N6S2/c1-23-16-22-15-13(24-16)14(18-9-19-15)17-8-4-7-12-20-10-5-2-3-6-11(10)21-12/h2-3,5-6,9H,4,7-8H2,1H3,(H,20,21)(H,17,18,19). The molecule has 122 valence electrons. The lowest BCUT2D eigenvalue weighted by atomic mass is 10.3. The summed E-state index contributed by atoms with van der Waals surface area (Å²) in [6.07, 6.45) is 5.45. The minimum Gasteiger partial charge on any atom is -0.369 e. The van der Waals surface area contributed by atoms with Crippen molar-refractivity contribution >= 4 is 50.3 Å². The van der Waals surface area contributed by atoms with Gasteiger partial charge in [-0.1, -0.05) is 23.9 Å². The molecule has 3 heterocycles. The zero-order chi connectivity index (χ0) is 16.4. The molecule has 8 heteroatoms. The van der Waals surface area contributed by atoms with Crippen LogP contribution in [0.4, 0.5) is 5.82 Å². The lowest BCUT2D eigenvalue weighted by molar-refractivity contribution is 0.818. The summed E-state index contributed by atoms with van der Waals surface area (Å²) in [6, 6.07) is 8.10. The summed E-state index contributed by atoms with van der Waals surface area (Å²) in [5.41, 5.74) is 2.87. The maximum atomic E-state index is 4.60. The molecule has 2 N–H and O–H groups in total. The first-order valence-corrected chi connectivity index (χ1v) is 9.70. The molecule has 0 fully saturated rings. The Hall–Kier alpha value is -2.19. The van der Waals surface area contributed by atoms with Crippen LogP contribution in [0.15, 0.2) is 34.9 Å². The van der Waals surface area contributed by atoms with Crippen molar-refractivity contribution in [1.82, 2.24) is 24.9 Å². The Morgan fingerprint density at radius 3 is 3.00 bits per heavy atom. The number of nitrogens with zero attached hydrogens (tertiary/aromatic N) is 4. The van der Waals surface area contributed by atoms with Gasteiger partial charge in [-0.3, -0.25) is 0 Å². The van der Waals surface area contributed by atoms with Crippen molar-refractivity contribution < 1.29 is 0 Å². The first-order chi connectivity index (χ1) is 11.8. The number of thioether (sulfide) groups is 1. The second-order valence-electron chi connectivity index (χ2n) is 5.29. The summed E-state index contributed by atoms with van der Waals surface area (Å²) in [6.45, 7) is 0.829. The third kappa shape index (κ3) is 3.07. The third-order valence-corrected chi connectivity index (χ3v) is 5.70. The maximum absolute atomic E-state index is 4.60. The number of anilines is 1. The predicted octanol–water partition coefficient (Wildman–Crippen LogP) is 3.73. The lowest BCUT2D eigenvalue weighted by Crippen LogP contribution is -2.05. The van der Waals surface area contributed by atoms with E-state index < -0.39 is 0 Å². The van der Waals surface area contributed by atoms with E-state index in [1.165, 1.54) is 0 Å². The summed E-state index contributed by atoms with van der Waals surface area (Å²) in [4.78, 5) is 21.0. The minimum absolute atomic E-state index is 0.763. The maximum Gasteiger partial charge on any atom is 0.176 e. The molecule has 0 amide bonds. The number of thiazole rings is 1. The van der Waals surface area contributed by atoms with Crippen LogP contribution in [0.25, 0.3) is 21.4 Å². The van der Waals surface area contributed by atoms with Crippen molar-refractivity contribution in [3.05, 3.63) is 36.4 Å². The monoisotopic (exact) mass is 356 g/mol. The average molecular weight is 356 g/mol. The van der Waals surface area contributed by atoms with Crippen molar-refractivity contribution in [2.75, 3.05) is 18.1 Å². The Labute approximate surface area is 147 Å². The van der Waals surface area contributed by atoms with Crippen molar-refractivity contribution in [2.24, 2.45) is 0 Å². The van der Waals surface area contributed by atoms with Gasteiger partial charge in [0, 0.05) is 13.0 Å². The van der Waals surface area contributed by atoms with Gasteiger partial charge < -0.3 is 10.3 Å². The second-order valence-corrected chi connectivity index (χ2v) is 7.34. The normalized spacial score (nSPS) is 11.4. The molecule has 0 atom stereocenters. The van der Waals surface area contributed by atoms with Crippen LogP contribution in [0.3, 0.4) is 0 Å². The molecule has 24 heavy (non-hydrogen) atoms. The molecule has 0 radical (unpaired) electrons. The van der Waals surface area contributed by atoms with Gasteiger partial charge in [-0.25, -0.2) is 19.9 Å². The van der Waals surface area contributed by atoms with Gasteiger partial charge >= 0.3 is 0 Å². The van der Waals surface area contributed by atoms with Gasteiger partial charge in [0.1, 0.15) is 22.7 Å². The highest BCUT2D eigenvalue weighted by Gasteiger charge is 2.09. The van der Waals surface area contributed by atoms with Gasteiger partial charge in [0.2, 0.25) is 0 Å². The highest BCUT2D eigenvalue weighted by Crippen LogP contribution is 2.30. The van der Waals surface area contributed by atoms with Crippen LogP contribution < -0.4 is 5.32 Å². The van der Waals surface area contributed by atoms with Gasteiger partial charge in [-0.15, -0.1) is 11.3 Å². The number of aryl methyl sites for hydroxylation is 1. The van der Waals surface area contributed by atoms with E-state index in [0.29, 0.717) is 0 Å². The predicted molar refractivity (Wildman–Crippen MR) is 99.9 cm³/mol. The number of para-hydroxylation sites is 2. The first kappa shape index (κ1) is 15.3. The van der Waals surface area contributed by atoms with E-state index in [1.807, 2.05) is 24.5 Å². The Kier molecular flexibility index (Phi) is 4.31. The van der Waals surface area contributed by atoms with Gasteiger partial charge in [-0.05, 0) is 24.8 Å². The summed E-state index contributed by atoms with van der Waals surface area (Å²) < 4.78 is 2.03. The quantitative estimate of drug-likeness (QED) is 0.405. The number of fused-ring (bicyclic) bond motifs is 2. The van der Waals surface area contributed by atoms with Crippen LogP contribution in [0, 0.1) is 0 Å². The summed E-state index contributed by atoms with van der Waals surface area (Å²) >= 11 is 3.26. The van der Waals surface area contributed by atoms with E-state index in [0.717, 1.165) is 56.7 Å². The topological polar surface area (TPSA) is 79.4 Å². The minimum atomic E-state index is 0.763. The number of hydrogen-bond acceptors (Lipinski definition) is 7. The molecule has 4 rings (SSSR count). The van der Waals surface area contributed by atoms with Crippen LogP contribution in [0.5, 0.6) is 0 Å². The molecule has 6 nitrogen and oxygen atoms in total. The number of hydrogen-bond donors (Lipinski definition) is 2. The average Bonchev–Trinajstić information content (AvgIpc) is 3.22. The summed E-state index contributed by atoms with van der Waals surface area (Å²) in [7, 11) is 0. The van der Waals surface area contributed by atoms with Crippen LogP contribution in [0.2, 0.25) is 0 Å². The molecule has 0 bridgehead atoms.